The van der Waals surface area contributed by atoms with E-state index < -0.39 is 0 Å². The molecule has 0 fully saturated rings. The van der Waals surface area contributed by atoms with Crippen LogP contribution in [0.2, 0.25) is 5.02 Å². The zero-order chi connectivity index (χ0) is 13.4. The predicted molar refractivity (Wildman–Crippen MR) is 91.7 cm³/mol. The van der Waals surface area contributed by atoms with E-state index in [-0.39, 0.29) is 4.83 Å². The van der Waals surface area contributed by atoms with Crippen LogP contribution in [0, 0.1) is 0 Å². The van der Waals surface area contributed by atoms with Crippen LogP contribution in [0.1, 0.15) is 15.3 Å². The molecule has 0 saturated carbocycles. The zero-order valence-corrected chi connectivity index (χ0v) is 14.5. The van der Waals surface area contributed by atoms with E-state index in [0.717, 1.165) is 8.81 Å². The third kappa shape index (κ3) is 2.75. The van der Waals surface area contributed by atoms with E-state index in [1.807, 2.05) is 6.07 Å². The van der Waals surface area contributed by atoms with Gasteiger partial charge in [-0.25, -0.2) is 0 Å². The first-order valence-electron chi connectivity index (χ1n) is 5.72. The van der Waals surface area contributed by atoms with Crippen LogP contribution < -0.4 is 0 Å². The molecule has 0 radical (unpaired) electrons. The smallest absolute Gasteiger partial charge is 0.0887 e. The normalized spacial score (nSPS) is 12.8. The molecule has 19 heavy (non-hydrogen) atoms. The number of rotatable bonds is 2. The van der Waals surface area contributed by atoms with E-state index in [4.69, 9.17) is 11.6 Å². The van der Waals surface area contributed by atoms with Crippen LogP contribution in [0.4, 0.5) is 0 Å². The maximum absolute atomic E-state index is 6.10. The van der Waals surface area contributed by atoms with Gasteiger partial charge in [0.1, 0.15) is 0 Å². The highest BCUT2D eigenvalue weighted by Crippen LogP contribution is 2.41. The molecule has 2 aromatic carbocycles. The molecule has 0 bridgehead atoms. The van der Waals surface area contributed by atoms with E-state index in [2.05, 4.69) is 74.3 Å². The number of hydrogen-bond donors (Lipinski definition) is 0. The minimum absolute atomic E-state index is 0.172. The first kappa shape index (κ1) is 13.6. The van der Waals surface area contributed by atoms with E-state index in [1.54, 1.807) is 11.3 Å². The molecule has 3 aromatic rings. The molecule has 0 aliphatic heterocycles. The Hall–Kier alpha value is -0.350. The van der Waals surface area contributed by atoms with Crippen LogP contribution in [0.25, 0.3) is 10.8 Å². The summed E-state index contributed by atoms with van der Waals surface area (Å²) in [7, 11) is 0. The van der Waals surface area contributed by atoms with Crippen LogP contribution in [0.5, 0.6) is 0 Å². The minimum Gasteiger partial charge on any atom is -0.130 e. The van der Waals surface area contributed by atoms with Gasteiger partial charge in [-0.1, -0.05) is 63.9 Å². The first-order chi connectivity index (χ1) is 9.15. The van der Waals surface area contributed by atoms with Crippen LogP contribution in [0.15, 0.2) is 52.3 Å². The lowest BCUT2D eigenvalue weighted by molar-refractivity contribution is 1.23. The molecule has 0 saturated heterocycles. The van der Waals surface area contributed by atoms with Gasteiger partial charge in [-0.2, -0.15) is 0 Å². The van der Waals surface area contributed by atoms with Gasteiger partial charge in [0.25, 0.3) is 0 Å². The average Bonchev–Trinajstić information content (AvgIpc) is 2.77. The van der Waals surface area contributed by atoms with Gasteiger partial charge in [0.05, 0.1) is 13.6 Å². The second-order valence-electron chi connectivity index (χ2n) is 4.24. The third-order valence-electron chi connectivity index (χ3n) is 2.98. The molecule has 1 unspecified atom stereocenters. The Morgan fingerprint density at radius 2 is 1.74 bits per heavy atom. The maximum Gasteiger partial charge on any atom is 0.0887 e. The Labute approximate surface area is 137 Å². The standard InChI is InChI=1S/C15H9Br2ClS/c16-14(13-8-12(18)15(17)19-13)11-6-5-9-3-1-2-4-10(9)7-11/h1-8,14H. The van der Waals surface area contributed by atoms with Gasteiger partial charge in [-0.05, 0) is 44.4 Å². The molecule has 1 atom stereocenters. The van der Waals surface area contributed by atoms with Crippen molar-refractivity contribution in [2.24, 2.45) is 0 Å². The van der Waals surface area contributed by atoms with Crippen molar-refractivity contribution < 1.29 is 0 Å². The largest absolute Gasteiger partial charge is 0.130 e. The number of fused-ring (bicyclic) bond motifs is 1. The molecule has 1 aromatic heterocycles. The second kappa shape index (κ2) is 5.57. The number of benzene rings is 2. The summed E-state index contributed by atoms with van der Waals surface area (Å²) in [5, 5.41) is 3.28. The van der Waals surface area contributed by atoms with Gasteiger partial charge in [0.2, 0.25) is 0 Å². The molecule has 0 aliphatic carbocycles. The van der Waals surface area contributed by atoms with E-state index in [1.165, 1.54) is 21.2 Å². The van der Waals surface area contributed by atoms with E-state index in [0.29, 0.717) is 0 Å². The summed E-state index contributed by atoms with van der Waals surface area (Å²) in [5.41, 5.74) is 1.24. The summed E-state index contributed by atoms with van der Waals surface area (Å²) in [5.74, 6) is 0. The summed E-state index contributed by atoms with van der Waals surface area (Å²) in [6, 6.07) is 16.9. The number of hydrogen-bond acceptors (Lipinski definition) is 1. The summed E-state index contributed by atoms with van der Waals surface area (Å²) < 4.78 is 0.981. The zero-order valence-electron chi connectivity index (χ0n) is 9.74. The Kier molecular flexibility index (Phi) is 3.99. The minimum atomic E-state index is 0.172. The van der Waals surface area contributed by atoms with Gasteiger partial charge in [-0.3, -0.25) is 0 Å². The molecular weight excluding hydrogens is 407 g/mol. The predicted octanol–water partition coefficient (Wildman–Crippen LogP) is 6.80. The first-order valence-corrected chi connectivity index (χ1v) is 8.63. The molecule has 0 N–H and O–H groups in total. The fourth-order valence-corrected chi connectivity index (χ4v) is 4.47. The van der Waals surface area contributed by atoms with Crippen LogP contribution in [-0.4, -0.2) is 0 Å². The summed E-state index contributed by atoms with van der Waals surface area (Å²) in [6.45, 7) is 0. The SMILES string of the molecule is Clc1cc(C(Br)c2ccc3ccccc3c2)sc1Br. The van der Waals surface area contributed by atoms with Gasteiger partial charge in [0.15, 0.2) is 0 Å². The molecule has 1 heterocycles. The summed E-state index contributed by atoms with van der Waals surface area (Å²) >= 11 is 15.0. The Balaban J connectivity index is 2.03. The Morgan fingerprint density at radius 1 is 1.00 bits per heavy atom. The molecule has 0 aliphatic rings. The van der Waals surface area contributed by atoms with Crippen molar-refractivity contribution in [3.63, 3.8) is 0 Å². The lowest BCUT2D eigenvalue weighted by Crippen LogP contribution is -1.89. The summed E-state index contributed by atoms with van der Waals surface area (Å²) in [6.07, 6.45) is 0. The monoisotopic (exact) mass is 414 g/mol. The van der Waals surface area contributed by atoms with Crippen molar-refractivity contribution >= 4 is 65.6 Å². The van der Waals surface area contributed by atoms with Gasteiger partial charge >= 0.3 is 0 Å². The highest BCUT2D eigenvalue weighted by Gasteiger charge is 2.15. The maximum atomic E-state index is 6.10. The van der Waals surface area contributed by atoms with Gasteiger partial charge in [0, 0.05) is 4.88 Å². The topological polar surface area (TPSA) is 0 Å². The molecule has 4 heteroatoms. The number of halogens is 3. The van der Waals surface area contributed by atoms with Crippen molar-refractivity contribution in [2.75, 3.05) is 0 Å². The molecule has 0 amide bonds. The highest BCUT2D eigenvalue weighted by molar-refractivity contribution is 9.11. The van der Waals surface area contributed by atoms with Crippen molar-refractivity contribution in [1.29, 1.82) is 0 Å². The fraction of sp³-hybridized carbons (Fsp3) is 0.0667. The molecule has 3 rings (SSSR count). The third-order valence-corrected chi connectivity index (χ3v) is 6.84. The van der Waals surface area contributed by atoms with Crippen LogP contribution in [0.3, 0.4) is 0 Å². The van der Waals surface area contributed by atoms with Crippen molar-refractivity contribution in [3.8, 4) is 0 Å². The van der Waals surface area contributed by atoms with Crippen molar-refractivity contribution in [1.82, 2.24) is 0 Å². The molecule has 0 nitrogen and oxygen atoms in total. The highest BCUT2D eigenvalue weighted by atomic mass is 79.9. The number of alkyl halides is 1. The molecule has 96 valence electrons. The Bertz CT molecular complexity index is 716. The van der Waals surface area contributed by atoms with Gasteiger partial charge in [-0.15, -0.1) is 11.3 Å². The quantitative estimate of drug-likeness (QED) is 0.403. The van der Waals surface area contributed by atoms with Crippen molar-refractivity contribution in [2.45, 2.75) is 4.83 Å². The number of thiophene rings is 1. The molecular formula is C15H9Br2ClS. The van der Waals surface area contributed by atoms with Gasteiger partial charge < -0.3 is 0 Å². The lowest BCUT2D eigenvalue weighted by Gasteiger charge is -2.09. The van der Waals surface area contributed by atoms with Crippen LogP contribution >= 0.6 is 54.8 Å². The van der Waals surface area contributed by atoms with Crippen molar-refractivity contribution in [3.05, 3.63) is 67.8 Å². The lowest BCUT2D eigenvalue weighted by atomic mass is 10.0. The van der Waals surface area contributed by atoms with E-state index in [9.17, 15) is 0 Å². The fourth-order valence-electron chi connectivity index (χ4n) is 2.02. The molecule has 0 spiro atoms. The average molecular weight is 417 g/mol. The van der Waals surface area contributed by atoms with E-state index >= 15 is 0 Å². The Morgan fingerprint density at radius 3 is 2.42 bits per heavy atom. The second-order valence-corrected chi connectivity index (χ2v) is 7.96. The van der Waals surface area contributed by atoms with Crippen LogP contribution in [-0.2, 0) is 0 Å². The summed E-state index contributed by atoms with van der Waals surface area (Å²) in [4.78, 5) is 1.37.